The molecule has 1 saturated heterocycles. The van der Waals surface area contributed by atoms with E-state index in [-0.39, 0.29) is 11.8 Å². The summed E-state index contributed by atoms with van der Waals surface area (Å²) in [6.07, 6.45) is 6.42. The Morgan fingerprint density at radius 3 is 2.77 bits per heavy atom. The number of carbonyl (C=O) groups excluding carboxylic acids is 1. The minimum absolute atomic E-state index is 0.0639. The highest BCUT2D eigenvalue weighted by Gasteiger charge is 2.31. The molecule has 0 bridgehead atoms. The number of nitrogens with zero attached hydrogens (tertiary/aromatic N) is 5. The average Bonchev–Trinajstić information content (AvgIpc) is 3.13. The Morgan fingerprint density at radius 1 is 1.23 bits per heavy atom. The first-order valence-corrected chi connectivity index (χ1v) is 11.8. The highest BCUT2D eigenvalue weighted by molar-refractivity contribution is 7.88. The van der Waals surface area contributed by atoms with Gasteiger partial charge in [0.25, 0.3) is 5.91 Å². The van der Waals surface area contributed by atoms with E-state index in [1.807, 2.05) is 47.0 Å². The van der Waals surface area contributed by atoms with E-state index in [0.29, 0.717) is 25.3 Å². The summed E-state index contributed by atoms with van der Waals surface area (Å²) < 4.78 is 27.5. The molecular weight excluding hydrogens is 402 g/mol. The molecule has 1 atom stereocenters. The molecule has 0 saturated carbocycles. The van der Waals surface area contributed by atoms with Crippen molar-refractivity contribution in [3.8, 4) is 0 Å². The third kappa shape index (κ3) is 4.08. The van der Waals surface area contributed by atoms with E-state index in [1.54, 1.807) is 18.1 Å². The quantitative estimate of drug-likeness (QED) is 0.623. The number of carbonyl (C=O) groups is 1. The van der Waals surface area contributed by atoms with Crippen molar-refractivity contribution in [3.63, 3.8) is 0 Å². The lowest BCUT2D eigenvalue weighted by Gasteiger charge is -2.30. The van der Waals surface area contributed by atoms with Crippen LogP contribution in [0, 0.1) is 0 Å². The Morgan fingerprint density at radius 2 is 2.03 bits per heavy atom. The number of pyridine rings is 2. The number of hydrogen-bond donors (Lipinski definition) is 0. The molecule has 1 fully saturated rings. The van der Waals surface area contributed by atoms with Gasteiger partial charge >= 0.3 is 0 Å². The highest BCUT2D eigenvalue weighted by atomic mass is 32.2. The lowest BCUT2D eigenvalue weighted by molar-refractivity contribution is 0.0780. The second-order valence-electron chi connectivity index (χ2n) is 7.72. The minimum atomic E-state index is -3.26. The van der Waals surface area contributed by atoms with Crippen molar-refractivity contribution in [1.82, 2.24) is 23.6 Å². The van der Waals surface area contributed by atoms with E-state index in [9.17, 15) is 13.2 Å². The van der Waals surface area contributed by atoms with Gasteiger partial charge in [-0.05, 0) is 37.1 Å². The van der Waals surface area contributed by atoms with Crippen LogP contribution in [0.15, 0.2) is 48.8 Å². The molecule has 3 aromatic heterocycles. The van der Waals surface area contributed by atoms with Gasteiger partial charge in [0.05, 0.1) is 24.0 Å². The fourth-order valence-electron chi connectivity index (χ4n) is 3.95. The summed E-state index contributed by atoms with van der Waals surface area (Å²) in [4.78, 5) is 23.8. The number of hydrogen-bond acceptors (Lipinski definition) is 5. The predicted octanol–water partition coefficient (Wildman–Crippen LogP) is 2.14. The number of aromatic nitrogens is 3. The van der Waals surface area contributed by atoms with E-state index in [2.05, 4.69) is 4.98 Å². The Bertz CT molecular complexity index is 1160. The third-order valence-electron chi connectivity index (χ3n) is 5.47. The molecule has 0 aliphatic carbocycles. The van der Waals surface area contributed by atoms with Crippen molar-refractivity contribution >= 4 is 21.4 Å². The Kier molecular flexibility index (Phi) is 5.57. The summed E-state index contributed by atoms with van der Waals surface area (Å²) >= 11 is 0. The molecule has 8 nitrogen and oxygen atoms in total. The van der Waals surface area contributed by atoms with Crippen LogP contribution in [0.4, 0.5) is 0 Å². The van der Waals surface area contributed by atoms with Gasteiger partial charge in [0.1, 0.15) is 5.82 Å². The number of imidazole rings is 1. The van der Waals surface area contributed by atoms with Crippen LogP contribution in [0.25, 0.3) is 5.52 Å². The van der Waals surface area contributed by atoms with Crippen molar-refractivity contribution in [2.45, 2.75) is 25.3 Å². The second kappa shape index (κ2) is 8.16. The van der Waals surface area contributed by atoms with E-state index in [4.69, 9.17) is 4.98 Å². The highest BCUT2D eigenvalue weighted by Crippen LogP contribution is 2.29. The zero-order valence-corrected chi connectivity index (χ0v) is 17.9. The average molecular weight is 428 g/mol. The largest absolute Gasteiger partial charge is 0.334 e. The fraction of sp³-hybridized carbons (Fsp3) is 0.381. The zero-order valence-electron chi connectivity index (χ0n) is 17.1. The van der Waals surface area contributed by atoms with E-state index >= 15 is 0 Å². The van der Waals surface area contributed by atoms with Crippen molar-refractivity contribution in [2.24, 2.45) is 0 Å². The maximum absolute atomic E-state index is 13.2. The Labute approximate surface area is 176 Å². The van der Waals surface area contributed by atoms with Crippen LogP contribution in [-0.4, -0.2) is 64.3 Å². The normalized spacial score (nSPS) is 17.9. The molecule has 1 unspecified atom stereocenters. The van der Waals surface area contributed by atoms with Crippen LogP contribution < -0.4 is 0 Å². The van der Waals surface area contributed by atoms with Crippen LogP contribution in [0.5, 0.6) is 0 Å². The van der Waals surface area contributed by atoms with Crippen LogP contribution in [0.3, 0.4) is 0 Å². The molecule has 4 rings (SSSR count). The lowest BCUT2D eigenvalue weighted by atomic mass is 9.99. The number of rotatable bonds is 5. The van der Waals surface area contributed by atoms with Crippen molar-refractivity contribution < 1.29 is 13.2 Å². The first-order chi connectivity index (χ1) is 14.3. The molecular formula is C21H25N5O3S. The van der Waals surface area contributed by atoms with Crippen LogP contribution in [0.1, 0.15) is 40.8 Å². The topological polar surface area (TPSA) is 87.9 Å². The first kappa shape index (κ1) is 20.5. The van der Waals surface area contributed by atoms with Crippen LogP contribution >= 0.6 is 0 Å². The summed E-state index contributed by atoms with van der Waals surface area (Å²) in [5.74, 6) is 0.478. The van der Waals surface area contributed by atoms with Gasteiger partial charge in [-0.25, -0.2) is 17.7 Å². The number of sulfonamides is 1. The van der Waals surface area contributed by atoms with Gasteiger partial charge in [0.15, 0.2) is 5.69 Å². The first-order valence-electron chi connectivity index (χ1n) is 9.92. The number of amides is 1. The van der Waals surface area contributed by atoms with Crippen molar-refractivity contribution in [3.05, 3.63) is 66.0 Å². The van der Waals surface area contributed by atoms with Gasteiger partial charge in [-0.3, -0.25) is 9.78 Å². The van der Waals surface area contributed by atoms with Gasteiger partial charge in [-0.1, -0.05) is 12.1 Å². The standard InChI is InChI=1S/C21H25N5O3S/c1-24(15-17-9-3-5-11-22-17)21(27)19-18-10-4-6-13-26(18)20(23-19)16-8-7-12-25(14-16)30(2,28)29/h3-6,9-11,13,16H,7-8,12,14-15H2,1-2H3. The molecule has 158 valence electrons. The lowest BCUT2D eigenvalue weighted by Crippen LogP contribution is -2.38. The second-order valence-corrected chi connectivity index (χ2v) is 9.70. The monoisotopic (exact) mass is 427 g/mol. The summed E-state index contributed by atoms with van der Waals surface area (Å²) in [5, 5.41) is 0. The molecule has 4 heterocycles. The maximum atomic E-state index is 13.2. The SMILES string of the molecule is CN(Cc1ccccn1)C(=O)c1nc(C2CCCN(S(C)(=O)=O)C2)n2ccccc12. The van der Waals surface area contributed by atoms with Crippen molar-refractivity contribution in [1.29, 1.82) is 0 Å². The fourth-order valence-corrected chi connectivity index (χ4v) is 4.86. The Hall–Kier alpha value is -2.78. The van der Waals surface area contributed by atoms with E-state index < -0.39 is 10.0 Å². The molecule has 30 heavy (non-hydrogen) atoms. The molecule has 0 aromatic carbocycles. The molecule has 0 radical (unpaired) electrons. The van der Waals surface area contributed by atoms with Crippen LogP contribution in [-0.2, 0) is 16.6 Å². The van der Waals surface area contributed by atoms with Gasteiger partial charge in [0.2, 0.25) is 10.0 Å². The molecule has 0 spiro atoms. The summed E-state index contributed by atoms with van der Waals surface area (Å²) in [5.41, 5.74) is 1.90. The number of piperidine rings is 1. The molecule has 9 heteroatoms. The van der Waals surface area contributed by atoms with Gasteiger partial charge in [0, 0.05) is 38.4 Å². The van der Waals surface area contributed by atoms with Gasteiger partial charge in [-0.2, -0.15) is 0 Å². The number of fused-ring (bicyclic) bond motifs is 1. The van der Waals surface area contributed by atoms with E-state index in [0.717, 1.165) is 29.9 Å². The van der Waals surface area contributed by atoms with E-state index in [1.165, 1.54) is 10.6 Å². The van der Waals surface area contributed by atoms with Gasteiger partial charge < -0.3 is 9.30 Å². The third-order valence-corrected chi connectivity index (χ3v) is 6.74. The predicted molar refractivity (Wildman–Crippen MR) is 114 cm³/mol. The molecule has 1 aliphatic rings. The minimum Gasteiger partial charge on any atom is -0.334 e. The summed E-state index contributed by atoms with van der Waals surface area (Å²) in [6, 6.07) is 11.2. The Balaban J connectivity index is 1.66. The molecule has 1 aliphatic heterocycles. The maximum Gasteiger partial charge on any atom is 0.274 e. The molecule has 1 amide bonds. The summed E-state index contributed by atoms with van der Waals surface area (Å²) in [6.45, 7) is 1.29. The molecule has 0 N–H and O–H groups in total. The smallest absolute Gasteiger partial charge is 0.274 e. The zero-order chi connectivity index (χ0) is 21.3. The molecule has 3 aromatic rings. The van der Waals surface area contributed by atoms with Crippen LogP contribution in [0.2, 0.25) is 0 Å². The van der Waals surface area contributed by atoms with Gasteiger partial charge in [-0.15, -0.1) is 0 Å². The van der Waals surface area contributed by atoms with Crippen molar-refractivity contribution in [2.75, 3.05) is 26.4 Å². The summed E-state index contributed by atoms with van der Waals surface area (Å²) in [7, 11) is -1.53.